The monoisotopic (exact) mass is 235 g/mol. The minimum Gasteiger partial charge on any atom is -0.383 e. The van der Waals surface area contributed by atoms with Crippen molar-refractivity contribution in [1.82, 2.24) is 4.98 Å². The number of hydrogen-bond acceptors (Lipinski definition) is 5. The summed E-state index contributed by atoms with van der Waals surface area (Å²) in [5, 5.41) is 13.1. The minimum absolute atomic E-state index is 0.0642. The second-order valence-corrected chi connectivity index (χ2v) is 4.19. The Morgan fingerprint density at radius 1 is 1.50 bits per heavy atom. The third-order valence-electron chi connectivity index (χ3n) is 2.18. The number of hydrogen-bond donors (Lipinski definition) is 1. The van der Waals surface area contributed by atoms with Crippen molar-refractivity contribution in [3.63, 3.8) is 0 Å². The van der Waals surface area contributed by atoms with Crippen LogP contribution in [-0.4, -0.2) is 9.91 Å². The lowest BCUT2D eigenvalue weighted by Crippen LogP contribution is -1.91. The molecule has 0 spiro atoms. The molecule has 0 saturated carbocycles. The first kappa shape index (κ1) is 10.6. The highest BCUT2D eigenvalue weighted by Crippen LogP contribution is 2.30. The van der Waals surface area contributed by atoms with Crippen molar-refractivity contribution in [2.45, 2.75) is 6.92 Å². The van der Waals surface area contributed by atoms with E-state index in [0.717, 1.165) is 11.1 Å². The molecule has 0 aliphatic rings. The van der Waals surface area contributed by atoms with Crippen molar-refractivity contribution in [2.24, 2.45) is 0 Å². The van der Waals surface area contributed by atoms with Crippen molar-refractivity contribution < 1.29 is 4.92 Å². The summed E-state index contributed by atoms with van der Waals surface area (Å²) in [5.41, 5.74) is 7.30. The van der Waals surface area contributed by atoms with E-state index in [-0.39, 0.29) is 5.69 Å². The number of aromatic nitrogens is 1. The Kier molecular flexibility index (Phi) is 2.57. The van der Waals surface area contributed by atoms with Gasteiger partial charge in [-0.3, -0.25) is 10.1 Å². The molecule has 0 saturated heterocycles. The van der Waals surface area contributed by atoms with Gasteiger partial charge >= 0.3 is 0 Å². The van der Waals surface area contributed by atoms with E-state index in [2.05, 4.69) is 4.98 Å². The summed E-state index contributed by atoms with van der Waals surface area (Å²) in [6.45, 7) is 1.89. The van der Waals surface area contributed by atoms with Gasteiger partial charge in [0.25, 0.3) is 5.69 Å². The Hall–Kier alpha value is -1.95. The highest BCUT2D eigenvalue weighted by Gasteiger charge is 2.12. The maximum atomic E-state index is 10.7. The van der Waals surface area contributed by atoms with E-state index < -0.39 is 4.92 Å². The van der Waals surface area contributed by atoms with Gasteiger partial charge in [0.05, 0.1) is 4.92 Å². The molecule has 0 radical (unpaired) electrons. The lowest BCUT2D eigenvalue weighted by atomic mass is 10.1. The molecule has 0 atom stereocenters. The highest BCUT2D eigenvalue weighted by atomic mass is 32.1. The fraction of sp³-hybridized carbons (Fsp3) is 0.100. The maximum absolute atomic E-state index is 10.7. The van der Waals surface area contributed by atoms with Crippen LogP contribution in [0.3, 0.4) is 0 Å². The number of rotatable bonds is 2. The van der Waals surface area contributed by atoms with Crippen LogP contribution in [0.5, 0.6) is 0 Å². The molecular weight excluding hydrogens is 226 g/mol. The summed E-state index contributed by atoms with van der Waals surface area (Å²) in [7, 11) is 0. The maximum Gasteiger partial charge on any atom is 0.270 e. The van der Waals surface area contributed by atoms with Crippen LogP contribution >= 0.6 is 11.3 Å². The predicted molar refractivity (Wildman–Crippen MR) is 63.4 cm³/mol. The molecule has 0 aliphatic carbocycles. The van der Waals surface area contributed by atoms with E-state index in [1.54, 1.807) is 11.4 Å². The average molecular weight is 235 g/mol. The molecule has 0 bridgehead atoms. The summed E-state index contributed by atoms with van der Waals surface area (Å²) in [5.74, 6) is 0.436. The number of benzene rings is 1. The molecule has 0 unspecified atom stereocenters. The van der Waals surface area contributed by atoms with Crippen LogP contribution in [0.1, 0.15) is 5.56 Å². The van der Waals surface area contributed by atoms with Crippen LogP contribution in [0.25, 0.3) is 10.6 Å². The molecule has 2 rings (SSSR count). The number of nitrogens with two attached hydrogens (primary N) is 1. The molecule has 5 nitrogen and oxygen atoms in total. The summed E-state index contributed by atoms with van der Waals surface area (Å²) in [4.78, 5) is 14.4. The first-order chi connectivity index (χ1) is 7.58. The molecule has 0 amide bonds. The number of nitrogen functional groups attached to an aromatic ring is 1. The Morgan fingerprint density at radius 2 is 2.25 bits per heavy atom. The van der Waals surface area contributed by atoms with Crippen molar-refractivity contribution in [3.05, 3.63) is 39.3 Å². The molecule has 16 heavy (non-hydrogen) atoms. The van der Waals surface area contributed by atoms with Crippen molar-refractivity contribution in [2.75, 3.05) is 5.73 Å². The number of nitro groups is 1. The van der Waals surface area contributed by atoms with Gasteiger partial charge in [-0.05, 0) is 12.5 Å². The molecule has 1 heterocycles. The van der Waals surface area contributed by atoms with Crippen molar-refractivity contribution in [1.29, 1.82) is 0 Å². The third-order valence-corrected chi connectivity index (χ3v) is 3.08. The molecule has 0 aliphatic heterocycles. The topological polar surface area (TPSA) is 82.0 Å². The quantitative estimate of drug-likeness (QED) is 0.640. The van der Waals surface area contributed by atoms with Gasteiger partial charge < -0.3 is 5.73 Å². The second kappa shape index (κ2) is 3.90. The van der Waals surface area contributed by atoms with E-state index in [1.807, 2.05) is 6.92 Å². The van der Waals surface area contributed by atoms with Gasteiger partial charge in [-0.2, -0.15) is 0 Å². The summed E-state index contributed by atoms with van der Waals surface area (Å²) >= 11 is 1.38. The van der Waals surface area contributed by atoms with Gasteiger partial charge in [-0.25, -0.2) is 4.98 Å². The highest BCUT2D eigenvalue weighted by molar-refractivity contribution is 7.13. The van der Waals surface area contributed by atoms with Gasteiger partial charge in [0.15, 0.2) is 0 Å². The molecule has 0 fully saturated rings. The van der Waals surface area contributed by atoms with Crippen LogP contribution < -0.4 is 5.73 Å². The van der Waals surface area contributed by atoms with Gasteiger partial charge in [-0.1, -0.05) is 6.07 Å². The molecule has 1 aromatic carbocycles. The van der Waals surface area contributed by atoms with E-state index in [0.29, 0.717) is 10.8 Å². The molecule has 2 aromatic rings. The summed E-state index contributed by atoms with van der Waals surface area (Å²) in [6, 6.07) is 4.72. The number of nitro benzene ring substituents is 1. The third kappa shape index (κ3) is 1.87. The molecule has 2 N–H and O–H groups in total. The summed E-state index contributed by atoms with van der Waals surface area (Å²) in [6.07, 6.45) is 0. The zero-order valence-corrected chi connectivity index (χ0v) is 9.32. The van der Waals surface area contributed by atoms with Crippen molar-refractivity contribution in [3.8, 4) is 10.6 Å². The normalized spacial score (nSPS) is 10.3. The Labute approximate surface area is 95.7 Å². The predicted octanol–water partition coefficient (Wildman–Crippen LogP) is 2.61. The lowest BCUT2D eigenvalue weighted by Gasteiger charge is -2.01. The van der Waals surface area contributed by atoms with Crippen molar-refractivity contribution >= 4 is 22.8 Å². The molecular formula is C10H9N3O2S. The van der Waals surface area contributed by atoms with Crippen LogP contribution in [0.15, 0.2) is 23.6 Å². The largest absolute Gasteiger partial charge is 0.383 e. The number of non-ortho nitro benzene ring substituents is 1. The first-order valence-corrected chi connectivity index (χ1v) is 5.42. The fourth-order valence-corrected chi connectivity index (χ4v) is 2.15. The Balaban J connectivity index is 2.55. The van der Waals surface area contributed by atoms with E-state index in [4.69, 9.17) is 5.73 Å². The standard InChI is InChI=1S/C10H9N3O2S/c1-6-2-3-7(13(14)15)4-8(6)10-12-9(11)5-16-10/h2-5H,11H2,1H3. The first-order valence-electron chi connectivity index (χ1n) is 4.54. The number of aryl methyl sites for hydroxylation is 1. The second-order valence-electron chi connectivity index (χ2n) is 3.33. The molecule has 82 valence electrons. The SMILES string of the molecule is Cc1ccc([N+](=O)[O-])cc1-c1nc(N)cs1. The van der Waals surface area contributed by atoms with Crippen LogP contribution in [-0.2, 0) is 0 Å². The molecule has 1 aromatic heterocycles. The molecule has 6 heteroatoms. The van der Waals surface area contributed by atoms with Crippen LogP contribution in [0, 0.1) is 17.0 Å². The number of thiazole rings is 1. The van der Waals surface area contributed by atoms with E-state index >= 15 is 0 Å². The Morgan fingerprint density at radius 3 is 2.81 bits per heavy atom. The average Bonchev–Trinajstić information content (AvgIpc) is 2.65. The lowest BCUT2D eigenvalue weighted by molar-refractivity contribution is -0.384. The smallest absolute Gasteiger partial charge is 0.270 e. The zero-order valence-electron chi connectivity index (χ0n) is 8.51. The zero-order chi connectivity index (χ0) is 11.7. The number of nitrogens with zero attached hydrogens (tertiary/aromatic N) is 2. The fourth-order valence-electron chi connectivity index (χ4n) is 1.36. The van der Waals surface area contributed by atoms with Gasteiger partial charge in [0, 0.05) is 23.1 Å². The van der Waals surface area contributed by atoms with E-state index in [9.17, 15) is 10.1 Å². The van der Waals surface area contributed by atoms with Gasteiger partial charge in [-0.15, -0.1) is 11.3 Å². The minimum atomic E-state index is -0.417. The van der Waals surface area contributed by atoms with Crippen LogP contribution in [0.2, 0.25) is 0 Å². The van der Waals surface area contributed by atoms with E-state index in [1.165, 1.54) is 23.5 Å². The summed E-state index contributed by atoms with van der Waals surface area (Å²) < 4.78 is 0. The Bertz CT molecular complexity index is 551. The van der Waals surface area contributed by atoms with Gasteiger partial charge in [0.2, 0.25) is 0 Å². The van der Waals surface area contributed by atoms with Gasteiger partial charge in [0.1, 0.15) is 10.8 Å². The van der Waals surface area contributed by atoms with Crippen LogP contribution in [0.4, 0.5) is 11.5 Å². The number of anilines is 1.